The van der Waals surface area contributed by atoms with Gasteiger partial charge in [0, 0.05) is 32.6 Å². The van der Waals surface area contributed by atoms with Crippen LogP contribution in [-0.2, 0) is 11.2 Å². The maximum atomic E-state index is 13.5. The van der Waals surface area contributed by atoms with Gasteiger partial charge < -0.3 is 14.5 Å². The largest absolute Gasteiger partial charge is 0.494 e. The van der Waals surface area contributed by atoms with Crippen molar-refractivity contribution in [3.63, 3.8) is 0 Å². The average Bonchev–Trinajstić information content (AvgIpc) is 2.45. The van der Waals surface area contributed by atoms with Gasteiger partial charge in [-0.2, -0.15) is 0 Å². The molecule has 1 aromatic carbocycles. The standard InChI is InChI=1S/C15H21FN2O2/c1-17-7-9-18(10-8-17)15(19)6-4-12-3-5-14(20-2)13(16)11-12/h3,5,11H,4,6-10H2,1-2H3. The Morgan fingerprint density at radius 1 is 1.30 bits per heavy atom. The van der Waals surface area contributed by atoms with Crippen molar-refractivity contribution in [1.29, 1.82) is 0 Å². The van der Waals surface area contributed by atoms with Crippen LogP contribution in [0.4, 0.5) is 4.39 Å². The molecule has 1 saturated heterocycles. The van der Waals surface area contributed by atoms with Crippen molar-refractivity contribution < 1.29 is 13.9 Å². The number of likely N-dealkylation sites (N-methyl/N-ethyl adjacent to an activating group) is 1. The van der Waals surface area contributed by atoms with Gasteiger partial charge in [-0.05, 0) is 31.2 Å². The molecule has 0 aromatic heterocycles. The molecule has 4 nitrogen and oxygen atoms in total. The van der Waals surface area contributed by atoms with E-state index in [1.165, 1.54) is 13.2 Å². The zero-order valence-electron chi connectivity index (χ0n) is 12.1. The molecule has 1 amide bonds. The van der Waals surface area contributed by atoms with Crippen LogP contribution < -0.4 is 4.74 Å². The highest BCUT2D eigenvalue weighted by molar-refractivity contribution is 5.76. The molecule has 0 saturated carbocycles. The van der Waals surface area contributed by atoms with Crippen LogP contribution in [0, 0.1) is 5.82 Å². The second-order valence-corrected chi connectivity index (χ2v) is 5.15. The highest BCUT2D eigenvalue weighted by atomic mass is 19.1. The van der Waals surface area contributed by atoms with E-state index in [0.29, 0.717) is 12.8 Å². The van der Waals surface area contributed by atoms with Crippen LogP contribution in [0.2, 0.25) is 0 Å². The van der Waals surface area contributed by atoms with Gasteiger partial charge >= 0.3 is 0 Å². The fourth-order valence-electron chi connectivity index (χ4n) is 2.33. The molecule has 1 aromatic rings. The summed E-state index contributed by atoms with van der Waals surface area (Å²) in [6.07, 6.45) is 0.988. The number of hydrogen-bond donors (Lipinski definition) is 0. The van der Waals surface area contributed by atoms with Gasteiger partial charge in [0.1, 0.15) is 0 Å². The molecule has 5 heteroatoms. The van der Waals surface area contributed by atoms with Gasteiger partial charge in [0.25, 0.3) is 0 Å². The Morgan fingerprint density at radius 2 is 2.00 bits per heavy atom. The number of amides is 1. The third-order valence-electron chi connectivity index (χ3n) is 3.70. The van der Waals surface area contributed by atoms with Crippen molar-refractivity contribution in [2.24, 2.45) is 0 Å². The molecular formula is C15H21FN2O2. The predicted octanol–water partition coefficient (Wildman–Crippen LogP) is 1.54. The Balaban J connectivity index is 1.85. The maximum absolute atomic E-state index is 13.5. The van der Waals surface area contributed by atoms with Crippen molar-refractivity contribution in [2.75, 3.05) is 40.3 Å². The van der Waals surface area contributed by atoms with Crippen molar-refractivity contribution in [3.8, 4) is 5.75 Å². The molecule has 1 aliphatic rings. The van der Waals surface area contributed by atoms with Crippen LogP contribution in [0.5, 0.6) is 5.75 Å². The molecular weight excluding hydrogens is 259 g/mol. The van der Waals surface area contributed by atoms with E-state index in [-0.39, 0.29) is 17.5 Å². The molecule has 0 spiro atoms. The lowest BCUT2D eigenvalue weighted by atomic mass is 10.1. The minimum absolute atomic E-state index is 0.148. The molecule has 20 heavy (non-hydrogen) atoms. The molecule has 0 radical (unpaired) electrons. The Hall–Kier alpha value is -1.62. The number of rotatable bonds is 4. The first kappa shape index (κ1) is 14.8. The van der Waals surface area contributed by atoms with E-state index in [0.717, 1.165) is 31.7 Å². The van der Waals surface area contributed by atoms with Gasteiger partial charge in [0.05, 0.1) is 7.11 Å². The predicted molar refractivity (Wildman–Crippen MR) is 75.4 cm³/mol. The molecule has 0 N–H and O–H groups in total. The molecule has 0 aliphatic carbocycles. The number of carbonyl (C=O) groups excluding carboxylic acids is 1. The van der Waals surface area contributed by atoms with Crippen molar-refractivity contribution in [1.82, 2.24) is 9.80 Å². The summed E-state index contributed by atoms with van der Waals surface area (Å²) >= 11 is 0. The number of hydrogen-bond acceptors (Lipinski definition) is 3. The third-order valence-corrected chi connectivity index (χ3v) is 3.70. The summed E-state index contributed by atoms with van der Waals surface area (Å²) in [6, 6.07) is 4.85. The van der Waals surface area contributed by atoms with Gasteiger partial charge in [0.2, 0.25) is 5.91 Å². The quantitative estimate of drug-likeness (QED) is 0.839. The number of carbonyl (C=O) groups is 1. The van der Waals surface area contributed by atoms with Gasteiger partial charge in [-0.15, -0.1) is 0 Å². The molecule has 2 rings (SSSR count). The Labute approximate surface area is 119 Å². The van der Waals surface area contributed by atoms with Crippen LogP contribution in [0.3, 0.4) is 0 Å². The highest BCUT2D eigenvalue weighted by Gasteiger charge is 2.18. The molecule has 0 unspecified atom stereocenters. The van der Waals surface area contributed by atoms with E-state index in [1.807, 2.05) is 4.90 Å². The third kappa shape index (κ3) is 3.70. The summed E-state index contributed by atoms with van der Waals surface area (Å²) in [5.74, 6) is 0.00511. The number of nitrogens with zero attached hydrogens (tertiary/aromatic N) is 2. The van der Waals surface area contributed by atoms with E-state index in [1.54, 1.807) is 12.1 Å². The molecule has 1 heterocycles. The lowest BCUT2D eigenvalue weighted by Gasteiger charge is -2.32. The van der Waals surface area contributed by atoms with Crippen molar-refractivity contribution in [3.05, 3.63) is 29.6 Å². The van der Waals surface area contributed by atoms with Gasteiger partial charge in [0.15, 0.2) is 11.6 Å². The summed E-state index contributed by atoms with van der Waals surface area (Å²) in [5, 5.41) is 0. The summed E-state index contributed by atoms with van der Waals surface area (Å²) in [5.41, 5.74) is 0.825. The van der Waals surface area contributed by atoms with E-state index in [4.69, 9.17) is 4.74 Å². The minimum atomic E-state index is -0.378. The van der Waals surface area contributed by atoms with Crippen molar-refractivity contribution in [2.45, 2.75) is 12.8 Å². The lowest BCUT2D eigenvalue weighted by Crippen LogP contribution is -2.47. The van der Waals surface area contributed by atoms with Crippen LogP contribution in [-0.4, -0.2) is 56.0 Å². The van der Waals surface area contributed by atoms with E-state index in [2.05, 4.69) is 11.9 Å². The summed E-state index contributed by atoms with van der Waals surface area (Å²) < 4.78 is 18.4. The number of benzene rings is 1. The summed E-state index contributed by atoms with van der Waals surface area (Å²) in [6.45, 7) is 3.41. The van der Waals surface area contributed by atoms with E-state index >= 15 is 0 Å². The van der Waals surface area contributed by atoms with Crippen LogP contribution in [0.1, 0.15) is 12.0 Å². The average molecular weight is 280 g/mol. The zero-order chi connectivity index (χ0) is 14.5. The highest BCUT2D eigenvalue weighted by Crippen LogP contribution is 2.18. The van der Waals surface area contributed by atoms with Crippen LogP contribution in [0.15, 0.2) is 18.2 Å². The molecule has 0 atom stereocenters. The van der Waals surface area contributed by atoms with Crippen LogP contribution in [0.25, 0.3) is 0 Å². The molecule has 1 aliphatic heterocycles. The molecule has 0 bridgehead atoms. The number of aryl methyl sites for hydroxylation is 1. The Morgan fingerprint density at radius 3 is 2.60 bits per heavy atom. The first-order valence-corrected chi connectivity index (χ1v) is 6.89. The van der Waals surface area contributed by atoms with Crippen molar-refractivity contribution >= 4 is 5.91 Å². The van der Waals surface area contributed by atoms with E-state index in [9.17, 15) is 9.18 Å². The zero-order valence-corrected chi connectivity index (χ0v) is 12.1. The normalized spacial score (nSPS) is 16.2. The lowest BCUT2D eigenvalue weighted by molar-refractivity contribution is -0.132. The first-order chi connectivity index (χ1) is 9.60. The Kier molecular flexibility index (Phi) is 4.95. The number of piperazine rings is 1. The second kappa shape index (κ2) is 6.70. The smallest absolute Gasteiger partial charge is 0.222 e. The summed E-state index contributed by atoms with van der Waals surface area (Å²) in [7, 11) is 3.50. The maximum Gasteiger partial charge on any atom is 0.222 e. The van der Waals surface area contributed by atoms with Gasteiger partial charge in [-0.3, -0.25) is 4.79 Å². The number of halogens is 1. The number of methoxy groups -OCH3 is 1. The molecule has 110 valence electrons. The second-order valence-electron chi connectivity index (χ2n) is 5.15. The Bertz CT molecular complexity index is 471. The number of ether oxygens (including phenoxy) is 1. The monoisotopic (exact) mass is 280 g/mol. The minimum Gasteiger partial charge on any atom is -0.494 e. The van der Waals surface area contributed by atoms with Gasteiger partial charge in [-0.1, -0.05) is 6.07 Å². The fraction of sp³-hybridized carbons (Fsp3) is 0.533. The summed E-state index contributed by atoms with van der Waals surface area (Å²) in [4.78, 5) is 16.2. The van der Waals surface area contributed by atoms with Crippen LogP contribution >= 0.6 is 0 Å². The fourth-order valence-corrected chi connectivity index (χ4v) is 2.33. The van der Waals surface area contributed by atoms with E-state index < -0.39 is 0 Å². The van der Waals surface area contributed by atoms with Gasteiger partial charge in [-0.25, -0.2) is 4.39 Å². The SMILES string of the molecule is COc1ccc(CCC(=O)N2CCN(C)CC2)cc1F. The molecule has 1 fully saturated rings. The first-order valence-electron chi connectivity index (χ1n) is 6.89. The topological polar surface area (TPSA) is 32.8 Å².